The van der Waals surface area contributed by atoms with Gasteiger partial charge in [0.1, 0.15) is 63.3 Å². The minimum atomic E-state index is -4.67. The Labute approximate surface area is 782 Å². The predicted octanol–water partition coefficient (Wildman–Crippen LogP) is 23.2. The molecule has 55 heteroatoms. The molecule has 0 radical (unpaired) electrons. The molecule has 0 heterocycles. The van der Waals surface area contributed by atoms with E-state index in [1.807, 2.05) is 0 Å². The van der Waals surface area contributed by atoms with E-state index in [0.29, 0.717) is 30.1 Å². The van der Waals surface area contributed by atoms with E-state index in [-0.39, 0.29) is 57.5 Å². The fraction of sp³-hybridized carbons (Fsp3) is 0. The molecule has 13 rings (SSSR count). The maximum absolute atomic E-state index is 13.3. The maximum Gasteiger partial charge on any atom is 0.585 e. The molecule has 0 fully saturated rings. The van der Waals surface area contributed by atoms with Crippen molar-refractivity contribution in [3.05, 3.63) is 387 Å². The monoisotopic (exact) mass is 2150 g/mol. The Bertz CT molecular complexity index is 5990. The molecule has 36 nitrogen and oxygen atoms in total. The molecule has 0 unspecified atom stereocenters. The van der Waals surface area contributed by atoms with Crippen molar-refractivity contribution in [2.45, 2.75) is 0 Å². The number of hydrogen-bond acceptors (Lipinski definition) is 22. The molecule has 0 saturated heterocycles. The topological polar surface area (TPSA) is 557 Å². The summed E-state index contributed by atoms with van der Waals surface area (Å²) >= 11 is 34.0. The SMILES string of the molecule is O=P(O)(O)Oc1ccc(Cl)cc1.O=P(O)(O)Oc1ccc(F)cc1.O=P(O)(O)Oc1cccc(Cl)c1.O=P(O)(O)Oc1ccccc1.O=P(O)(O)Oc1ccccc1F.O=P(O)(Oc1ccc(Cl)cc1)Oc1ccc(Cl)cc1.O=P(O)(Oc1cccc(Cl)c1)Oc1cccc(Cl)c1.O=P(O)(Oc1ccccc1)Oc1ccccc1.O=P(O)(Oc1ccccc1F)Oc1ccccc1F. The van der Waals surface area contributed by atoms with E-state index in [0.717, 1.165) is 60.7 Å². The number of benzene rings is 13. The van der Waals surface area contributed by atoms with Crippen LogP contribution in [0.2, 0.25) is 30.1 Å². The van der Waals surface area contributed by atoms with Crippen LogP contribution in [0.5, 0.6) is 74.7 Å². The van der Waals surface area contributed by atoms with Crippen LogP contribution in [-0.2, 0) is 41.1 Å². The number of phosphoric acid groups is 9. The van der Waals surface area contributed by atoms with Gasteiger partial charge in [0.2, 0.25) is 0 Å². The second-order valence-corrected chi connectivity index (χ2v) is 37.6. The van der Waals surface area contributed by atoms with E-state index in [9.17, 15) is 78.2 Å². The highest BCUT2D eigenvalue weighted by Crippen LogP contribution is 2.50. The summed E-state index contributed by atoms with van der Waals surface area (Å²) in [6.07, 6.45) is 0. The van der Waals surface area contributed by atoms with Crippen LogP contribution in [-0.4, -0.2) is 68.5 Å². The summed E-state index contributed by atoms with van der Waals surface area (Å²) in [6, 6.07) is 79.9. The van der Waals surface area contributed by atoms with Crippen LogP contribution in [0.1, 0.15) is 0 Å². The zero-order chi connectivity index (χ0) is 98.9. The lowest BCUT2D eigenvalue weighted by molar-refractivity contribution is 0.276. The van der Waals surface area contributed by atoms with Crippen molar-refractivity contribution in [1.82, 2.24) is 0 Å². The van der Waals surface area contributed by atoms with Crippen LogP contribution in [0.25, 0.3) is 0 Å². The molecular weight excluding hydrogens is 2080 g/mol. The van der Waals surface area contributed by atoms with Gasteiger partial charge in [0.05, 0.1) is 0 Å². The normalized spacial score (nSPS) is 11.1. The van der Waals surface area contributed by atoms with Gasteiger partial charge >= 0.3 is 70.4 Å². The number of halogens is 10. The summed E-state index contributed by atoms with van der Waals surface area (Å²) in [4.78, 5) is 122. The van der Waals surface area contributed by atoms with Crippen molar-refractivity contribution >= 4 is 140 Å². The van der Waals surface area contributed by atoms with E-state index >= 15 is 0 Å². The van der Waals surface area contributed by atoms with Crippen molar-refractivity contribution in [3.63, 3.8) is 0 Å². The number of phosphoric ester groups is 9. The highest BCUT2D eigenvalue weighted by Gasteiger charge is 2.30. The molecule has 0 amide bonds. The van der Waals surface area contributed by atoms with Gasteiger partial charge in [-0.05, 0) is 224 Å². The third kappa shape index (κ3) is 53.2. The molecule has 14 N–H and O–H groups in total. The number of para-hydroxylation sites is 6. The minimum absolute atomic E-state index is 0.0517. The van der Waals surface area contributed by atoms with E-state index < -0.39 is 111 Å². The van der Waals surface area contributed by atoms with Crippen molar-refractivity contribution in [1.29, 1.82) is 0 Å². The van der Waals surface area contributed by atoms with Gasteiger partial charge in [0.25, 0.3) is 0 Å². The zero-order valence-electron chi connectivity index (χ0n) is 66.3. The first-order valence-corrected chi connectivity index (χ1v) is 51.2. The highest BCUT2D eigenvalue weighted by atomic mass is 35.5. The largest absolute Gasteiger partial charge is 0.585 e. The molecule has 0 aromatic heterocycles. The number of hydrogen-bond donors (Lipinski definition) is 14. The van der Waals surface area contributed by atoms with Gasteiger partial charge in [-0.3, -0.25) is 68.5 Å². The Morgan fingerprint density at radius 1 is 0.173 bits per heavy atom. The highest BCUT2D eigenvalue weighted by molar-refractivity contribution is 7.49. The standard InChI is InChI=1S/2C12H9Cl2O4P.C12H9F2O4P.C12H11O4P.2C6H6ClO4P.2C6H6FO4P.C6H7O4P/c13-9-1-5-11(6-2-9)17-19(15,16)18-12-7-3-10(14)4-8-12;13-9-3-1-5-11(7-9)17-19(15,16)18-12-6-2-4-10(14)8-12;13-9-5-1-3-7-11(9)17-19(15,16)18-12-8-4-2-6-10(12)14;13-17(14,15-11-7-3-1-4-8-11)16-12-9-5-2-6-10-12;7-5-1-3-6(4-2-5)11-12(8,9)10;7-5-2-1-3-6(4-5)11-12(8,9)10;7-5-1-3-6(4-2-5)11-12(8,9)10;7-5-3-1-2-4-6(5)11-12(8,9)10;7-11(8,9)10-6-4-2-1-3-5-6/h3*1-8H,(H,15,16);1-10H,(H,13,14);4*1-4H,(H2,8,9,10);1-5H,(H2,7,8,9). The van der Waals surface area contributed by atoms with Gasteiger partial charge in [-0.15, -0.1) is 0 Å². The fourth-order valence-corrected chi connectivity index (χ4v) is 14.5. The van der Waals surface area contributed by atoms with Crippen LogP contribution in [0.4, 0.5) is 17.6 Å². The first-order valence-electron chi connectivity index (χ1n) is 35.3. The third-order valence-electron chi connectivity index (χ3n) is 13.2. The molecule has 133 heavy (non-hydrogen) atoms. The van der Waals surface area contributed by atoms with Gasteiger partial charge in [0, 0.05) is 30.1 Å². The van der Waals surface area contributed by atoms with Gasteiger partial charge < -0.3 is 58.8 Å². The lowest BCUT2D eigenvalue weighted by Gasteiger charge is -2.14. The van der Waals surface area contributed by atoms with Crippen LogP contribution in [0.3, 0.4) is 0 Å². The lowest BCUT2D eigenvalue weighted by atomic mass is 10.3. The lowest BCUT2D eigenvalue weighted by Crippen LogP contribution is -2.02. The Morgan fingerprint density at radius 3 is 0.602 bits per heavy atom. The second kappa shape index (κ2) is 54.7. The molecule has 0 saturated carbocycles. The molecule has 0 bridgehead atoms. The quantitative estimate of drug-likeness (QED) is 0.0177. The first-order chi connectivity index (χ1) is 62.0. The summed E-state index contributed by atoms with van der Waals surface area (Å²) in [5.41, 5.74) is 0. The molecule has 13 aromatic rings. The minimum Gasteiger partial charge on any atom is -0.404 e. The molecule has 0 aliphatic heterocycles. The summed E-state index contributed by atoms with van der Waals surface area (Å²) in [6.45, 7) is 0. The van der Waals surface area contributed by atoms with Gasteiger partial charge in [-0.1, -0.05) is 179 Å². The first kappa shape index (κ1) is 114. The molecular formula is C78H69Cl6F4O36P9. The Hall–Kier alpha value is -9.77. The Morgan fingerprint density at radius 2 is 0.353 bits per heavy atom. The van der Waals surface area contributed by atoms with E-state index in [1.165, 1.54) is 140 Å². The van der Waals surface area contributed by atoms with Crippen LogP contribution < -0.4 is 58.8 Å². The van der Waals surface area contributed by atoms with Gasteiger partial charge in [0.15, 0.2) is 34.7 Å². The molecule has 712 valence electrons. The van der Waals surface area contributed by atoms with Crippen molar-refractivity contribution in [3.8, 4) is 74.7 Å². The van der Waals surface area contributed by atoms with Crippen molar-refractivity contribution in [2.24, 2.45) is 0 Å². The molecule has 0 spiro atoms. The summed E-state index contributed by atoms with van der Waals surface area (Å²) in [5, 5.41) is 2.62. The van der Waals surface area contributed by atoms with Gasteiger partial charge in [-0.2, -0.15) is 0 Å². The maximum atomic E-state index is 13.3. The van der Waals surface area contributed by atoms with Crippen molar-refractivity contribution < 1.29 is 186 Å². The average Bonchev–Trinajstić information content (AvgIpc) is 0.901. The second-order valence-electron chi connectivity index (χ2n) is 23.9. The molecule has 0 atom stereocenters. The molecule has 13 aromatic carbocycles. The molecule has 0 aliphatic carbocycles. The van der Waals surface area contributed by atoms with E-state index in [1.54, 1.807) is 133 Å². The average molecular weight is 2150 g/mol. The fourth-order valence-electron chi connectivity index (χ4n) is 8.35. The van der Waals surface area contributed by atoms with Crippen LogP contribution in [0, 0.1) is 23.3 Å². The Kier molecular flexibility index (Phi) is 46.8. The number of rotatable bonds is 26. The summed E-state index contributed by atoms with van der Waals surface area (Å²) in [7, 11) is -39.8. The zero-order valence-corrected chi connectivity index (χ0v) is 78.9. The predicted molar refractivity (Wildman–Crippen MR) is 481 cm³/mol. The van der Waals surface area contributed by atoms with Gasteiger partial charge in [-0.25, -0.2) is 58.6 Å². The Balaban J connectivity index is 0.000000267. The summed E-state index contributed by atoms with van der Waals surface area (Å²) < 4.78 is 209. The molecule has 0 aliphatic rings. The van der Waals surface area contributed by atoms with Crippen molar-refractivity contribution in [2.75, 3.05) is 0 Å². The van der Waals surface area contributed by atoms with E-state index in [4.69, 9.17) is 146 Å². The third-order valence-corrected chi connectivity index (χ3v) is 20.4. The summed E-state index contributed by atoms with van der Waals surface area (Å²) in [5.74, 6) is -2.84. The smallest absolute Gasteiger partial charge is 0.404 e. The van der Waals surface area contributed by atoms with E-state index in [2.05, 4.69) is 31.7 Å². The van der Waals surface area contributed by atoms with Crippen LogP contribution >= 0.6 is 140 Å². The van der Waals surface area contributed by atoms with Crippen LogP contribution in [0.15, 0.2) is 334 Å².